The molecule has 1 unspecified atom stereocenters. The van der Waals surface area contributed by atoms with Gasteiger partial charge < -0.3 is 15.2 Å². The second-order valence-electron chi connectivity index (χ2n) is 4.98. The highest BCUT2D eigenvalue weighted by molar-refractivity contribution is 7.13. The molecule has 2 aromatic heterocycles. The molecule has 2 heterocycles. The quantitative estimate of drug-likeness (QED) is 0.730. The van der Waals surface area contributed by atoms with E-state index < -0.39 is 0 Å². The number of nitrogens with zero attached hydrogens (tertiary/aromatic N) is 3. The van der Waals surface area contributed by atoms with Crippen molar-refractivity contribution < 1.29 is 4.79 Å². The number of rotatable bonds is 6. The maximum Gasteiger partial charge on any atom is 0.271 e. The Morgan fingerprint density at radius 3 is 2.83 bits per heavy atom. The number of aromatic nitrogens is 3. The third kappa shape index (κ3) is 3.75. The van der Waals surface area contributed by atoms with Gasteiger partial charge in [0.05, 0.1) is 12.4 Å². The van der Waals surface area contributed by atoms with Crippen LogP contribution in [0.15, 0.2) is 54.4 Å². The lowest BCUT2D eigenvalue weighted by Gasteiger charge is -2.19. The van der Waals surface area contributed by atoms with Gasteiger partial charge in [-0.3, -0.25) is 4.79 Å². The van der Waals surface area contributed by atoms with E-state index in [1.54, 1.807) is 25.0 Å². The number of benzene rings is 1. The molecule has 3 aromatic rings. The first-order valence-corrected chi connectivity index (χ1v) is 8.09. The van der Waals surface area contributed by atoms with Crippen LogP contribution in [0, 0.1) is 0 Å². The van der Waals surface area contributed by atoms with Gasteiger partial charge in [0.2, 0.25) is 0 Å². The normalized spacial score (nSPS) is 11.9. The lowest BCUT2D eigenvalue weighted by Crippen LogP contribution is -2.31. The number of carbonyl (C=O) groups is 1. The van der Waals surface area contributed by atoms with Gasteiger partial charge in [-0.05, 0) is 5.56 Å². The first kappa shape index (κ1) is 15.2. The van der Waals surface area contributed by atoms with Gasteiger partial charge in [0.25, 0.3) is 5.91 Å². The van der Waals surface area contributed by atoms with Crippen molar-refractivity contribution >= 4 is 22.4 Å². The van der Waals surface area contributed by atoms with Gasteiger partial charge in [-0.25, -0.2) is 9.97 Å². The molecule has 1 atom stereocenters. The van der Waals surface area contributed by atoms with Crippen LogP contribution >= 0.6 is 11.3 Å². The van der Waals surface area contributed by atoms with Gasteiger partial charge in [-0.2, -0.15) is 0 Å². The predicted octanol–water partition coefficient (Wildman–Crippen LogP) is 2.55. The Balaban J connectivity index is 1.79. The van der Waals surface area contributed by atoms with E-state index >= 15 is 0 Å². The zero-order valence-corrected chi connectivity index (χ0v) is 13.5. The standard InChI is InChI=1S/C16H17N5OS/c1-17-16-20-14(10-23-16)15(22)19-13(9-21-8-7-18-11-21)12-5-3-2-4-6-12/h2-8,10-11,13H,9H2,1H3,(H,17,20)(H,19,22). The van der Waals surface area contributed by atoms with E-state index in [9.17, 15) is 4.79 Å². The van der Waals surface area contributed by atoms with Crippen molar-refractivity contribution in [2.75, 3.05) is 12.4 Å². The molecule has 3 rings (SSSR count). The summed E-state index contributed by atoms with van der Waals surface area (Å²) in [6, 6.07) is 9.73. The zero-order valence-electron chi connectivity index (χ0n) is 12.6. The first-order valence-electron chi connectivity index (χ1n) is 7.21. The Hall–Kier alpha value is -2.67. The lowest BCUT2D eigenvalue weighted by atomic mass is 10.1. The van der Waals surface area contributed by atoms with Crippen molar-refractivity contribution in [2.45, 2.75) is 12.6 Å². The summed E-state index contributed by atoms with van der Waals surface area (Å²) in [5.41, 5.74) is 1.46. The smallest absolute Gasteiger partial charge is 0.271 e. The minimum absolute atomic E-state index is 0.155. The first-order chi connectivity index (χ1) is 11.3. The molecular weight excluding hydrogens is 310 g/mol. The fraction of sp³-hybridized carbons (Fsp3) is 0.188. The Kier molecular flexibility index (Phi) is 4.68. The van der Waals surface area contributed by atoms with E-state index in [2.05, 4.69) is 20.6 Å². The fourth-order valence-corrected chi connectivity index (χ4v) is 2.90. The highest BCUT2D eigenvalue weighted by Gasteiger charge is 2.18. The minimum Gasteiger partial charge on any atom is -0.365 e. The van der Waals surface area contributed by atoms with Crippen molar-refractivity contribution in [1.82, 2.24) is 19.9 Å². The summed E-state index contributed by atoms with van der Waals surface area (Å²) in [7, 11) is 1.78. The maximum atomic E-state index is 12.5. The highest BCUT2D eigenvalue weighted by atomic mass is 32.1. The van der Waals surface area contributed by atoms with Crippen LogP contribution in [0.3, 0.4) is 0 Å². The van der Waals surface area contributed by atoms with Crippen molar-refractivity contribution in [3.8, 4) is 0 Å². The predicted molar refractivity (Wildman–Crippen MR) is 90.5 cm³/mol. The molecule has 0 saturated carbocycles. The van der Waals surface area contributed by atoms with E-state index in [-0.39, 0.29) is 11.9 Å². The number of imidazole rings is 1. The maximum absolute atomic E-state index is 12.5. The molecule has 2 N–H and O–H groups in total. The Labute approximate surface area is 138 Å². The van der Waals surface area contributed by atoms with E-state index in [1.807, 2.05) is 41.1 Å². The number of hydrogen-bond acceptors (Lipinski definition) is 5. The van der Waals surface area contributed by atoms with Crippen LogP contribution in [0.5, 0.6) is 0 Å². The van der Waals surface area contributed by atoms with E-state index in [4.69, 9.17) is 0 Å². The second-order valence-corrected chi connectivity index (χ2v) is 5.84. The Bertz CT molecular complexity index is 754. The van der Waals surface area contributed by atoms with Crippen LogP contribution in [0.25, 0.3) is 0 Å². The van der Waals surface area contributed by atoms with Gasteiger partial charge in [-0.1, -0.05) is 30.3 Å². The van der Waals surface area contributed by atoms with Gasteiger partial charge in [-0.15, -0.1) is 11.3 Å². The third-order valence-corrected chi connectivity index (χ3v) is 4.27. The summed E-state index contributed by atoms with van der Waals surface area (Å²) in [5, 5.41) is 8.47. The summed E-state index contributed by atoms with van der Waals surface area (Å²) < 4.78 is 1.94. The molecule has 6 nitrogen and oxygen atoms in total. The van der Waals surface area contributed by atoms with Crippen LogP contribution in [0.1, 0.15) is 22.1 Å². The molecule has 0 bridgehead atoms. The molecular formula is C16H17N5OS. The summed E-state index contributed by atoms with van der Waals surface area (Å²) in [4.78, 5) is 20.8. The van der Waals surface area contributed by atoms with Crippen molar-refractivity contribution in [3.05, 3.63) is 65.7 Å². The minimum atomic E-state index is -0.184. The monoisotopic (exact) mass is 327 g/mol. The van der Waals surface area contributed by atoms with Crippen molar-refractivity contribution in [1.29, 1.82) is 0 Å². The number of thiazole rings is 1. The van der Waals surface area contributed by atoms with Crippen LogP contribution < -0.4 is 10.6 Å². The van der Waals surface area contributed by atoms with Crippen molar-refractivity contribution in [2.24, 2.45) is 0 Å². The Morgan fingerprint density at radius 1 is 1.35 bits per heavy atom. The van der Waals surface area contributed by atoms with Gasteiger partial charge >= 0.3 is 0 Å². The summed E-state index contributed by atoms with van der Waals surface area (Å²) in [6.45, 7) is 0.610. The van der Waals surface area contributed by atoms with Crippen LogP contribution in [-0.4, -0.2) is 27.5 Å². The topological polar surface area (TPSA) is 71.8 Å². The Morgan fingerprint density at radius 2 is 2.17 bits per heavy atom. The fourth-order valence-electron chi connectivity index (χ4n) is 2.25. The summed E-state index contributed by atoms with van der Waals surface area (Å²) >= 11 is 1.41. The molecule has 118 valence electrons. The third-order valence-electron chi connectivity index (χ3n) is 3.41. The number of anilines is 1. The largest absolute Gasteiger partial charge is 0.365 e. The molecule has 0 aliphatic rings. The number of carbonyl (C=O) groups excluding carboxylic acids is 1. The zero-order chi connectivity index (χ0) is 16.1. The molecule has 1 aromatic carbocycles. The summed E-state index contributed by atoms with van der Waals surface area (Å²) in [5.74, 6) is -0.184. The molecule has 0 aliphatic heterocycles. The van der Waals surface area contributed by atoms with Crippen molar-refractivity contribution in [3.63, 3.8) is 0 Å². The van der Waals surface area contributed by atoms with Gasteiger partial charge in [0.1, 0.15) is 5.69 Å². The average Bonchev–Trinajstić information content (AvgIpc) is 3.26. The molecule has 0 fully saturated rings. The van der Waals surface area contributed by atoms with E-state index in [1.165, 1.54) is 11.3 Å². The number of amides is 1. The lowest BCUT2D eigenvalue weighted by molar-refractivity contribution is 0.0928. The van der Waals surface area contributed by atoms with E-state index in [0.717, 1.165) is 10.7 Å². The summed E-state index contributed by atoms with van der Waals surface area (Å²) in [6.07, 6.45) is 5.34. The highest BCUT2D eigenvalue weighted by Crippen LogP contribution is 2.18. The SMILES string of the molecule is CNc1nc(C(=O)NC(Cn2ccnc2)c2ccccc2)cs1. The molecule has 0 radical (unpaired) electrons. The van der Waals surface area contributed by atoms with Crippen LogP contribution in [0.4, 0.5) is 5.13 Å². The molecule has 0 aliphatic carbocycles. The van der Waals surface area contributed by atoms with Gasteiger partial charge in [0, 0.05) is 31.4 Å². The van der Waals surface area contributed by atoms with Crippen LogP contribution in [-0.2, 0) is 6.54 Å². The average molecular weight is 327 g/mol. The number of hydrogen-bond donors (Lipinski definition) is 2. The van der Waals surface area contributed by atoms with Crippen LogP contribution in [0.2, 0.25) is 0 Å². The second kappa shape index (κ2) is 7.06. The molecule has 1 amide bonds. The number of nitrogens with one attached hydrogen (secondary N) is 2. The molecule has 7 heteroatoms. The van der Waals surface area contributed by atoms with Gasteiger partial charge in [0.15, 0.2) is 5.13 Å². The molecule has 0 saturated heterocycles. The van der Waals surface area contributed by atoms with E-state index in [0.29, 0.717) is 12.2 Å². The molecule has 0 spiro atoms. The molecule has 23 heavy (non-hydrogen) atoms.